The molecule has 0 heterocycles. The van der Waals surface area contributed by atoms with Crippen LogP contribution in [-0.2, 0) is 6.54 Å². The van der Waals surface area contributed by atoms with Crippen LogP contribution in [0.25, 0.3) is 0 Å². The summed E-state index contributed by atoms with van der Waals surface area (Å²) in [5.74, 6) is 0. The molecule has 4 heteroatoms. The molecule has 0 radical (unpaired) electrons. The van der Waals surface area contributed by atoms with E-state index in [1.54, 1.807) is 0 Å². The Bertz CT molecular complexity index is 366. The van der Waals surface area contributed by atoms with Crippen molar-refractivity contribution < 1.29 is 0 Å². The van der Waals surface area contributed by atoms with Gasteiger partial charge in [0.2, 0.25) is 0 Å². The number of nitrogens with zero attached hydrogens (tertiary/aromatic N) is 2. The summed E-state index contributed by atoms with van der Waals surface area (Å²) in [7, 11) is 8.38. The van der Waals surface area contributed by atoms with E-state index in [1.165, 1.54) is 17.7 Å². The third kappa shape index (κ3) is 4.96. The van der Waals surface area contributed by atoms with Gasteiger partial charge in [0, 0.05) is 30.3 Å². The van der Waals surface area contributed by atoms with Crippen LogP contribution in [0, 0.1) is 0 Å². The molecule has 0 amide bonds. The fraction of sp³-hybridized carbons (Fsp3) is 0.571. The zero-order chi connectivity index (χ0) is 13.5. The van der Waals surface area contributed by atoms with Crippen LogP contribution in [0.2, 0.25) is 0 Å². The van der Waals surface area contributed by atoms with E-state index >= 15 is 0 Å². The first kappa shape index (κ1) is 15.5. The summed E-state index contributed by atoms with van der Waals surface area (Å²) in [6.45, 7) is 3.10. The van der Waals surface area contributed by atoms with Crippen molar-refractivity contribution in [3.63, 3.8) is 0 Å². The largest absolute Gasteiger partial charge is 0.374 e. The maximum atomic E-state index is 3.55. The van der Waals surface area contributed by atoms with Gasteiger partial charge in [-0.05, 0) is 51.8 Å². The summed E-state index contributed by atoms with van der Waals surface area (Å²) >= 11 is 3.55. The van der Waals surface area contributed by atoms with Crippen LogP contribution in [0.3, 0.4) is 0 Å². The summed E-state index contributed by atoms with van der Waals surface area (Å²) in [6, 6.07) is 6.48. The predicted octanol–water partition coefficient (Wildman–Crippen LogP) is 2.56. The normalized spacial score (nSPS) is 11.0. The quantitative estimate of drug-likeness (QED) is 0.834. The smallest absolute Gasteiger partial charge is 0.0420 e. The molecule has 0 fully saturated rings. The van der Waals surface area contributed by atoms with E-state index in [4.69, 9.17) is 0 Å². The van der Waals surface area contributed by atoms with Crippen LogP contribution in [0.5, 0.6) is 0 Å². The second-order valence-corrected chi connectivity index (χ2v) is 5.80. The summed E-state index contributed by atoms with van der Waals surface area (Å²) in [5.41, 5.74) is 2.64. The van der Waals surface area contributed by atoms with E-state index < -0.39 is 0 Å². The van der Waals surface area contributed by atoms with E-state index in [0.29, 0.717) is 0 Å². The SMILES string of the molecule is CNCc1ccc(Br)cc1N(C)CCCN(C)C. The molecule has 1 aromatic carbocycles. The number of halogens is 1. The molecule has 0 unspecified atom stereocenters. The molecule has 0 bridgehead atoms. The van der Waals surface area contributed by atoms with Crippen molar-refractivity contribution in [1.29, 1.82) is 0 Å². The first-order valence-corrected chi connectivity index (χ1v) is 7.12. The lowest BCUT2D eigenvalue weighted by molar-refractivity contribution is 0.401. The maximum absolute atomic E-state index is 3.55. The molecule has 1 rings (SSSR count). The third-order valence-electron chi connectivity index (χ3n) is 2.92. The topological polar surface area (TPSA) is 18.5 Å². The Kier molecular flexibility index (Phi) is 6.68. The molecule has 0 aliphatic heterocycles. The predicted molar refractivity (Wildman–Crippen MR) is 83.3 cm³/mol. The Hall–Kier alpha value is -0.580. The molecular formula is C14H24BrN3. The number of benzene rings is 1. The number of anilines is 1. The maximum Gasteiger partial charge on any atom is 0.0420 e. The van der Waals surface area contributed by atoms with Gasteiger partial charge in [0.25, 0.3) is 0 Å². The lowest BCUT2D eigenvalue weighted by Gasteiger charge is -2.23. The minimum absolute atomic E-state index is 0.903. The second-order valence-electron chi connectivity index (χ2n) is 4.88. The van der Waals surface area contributed by atoms with Crippen molar-refractivity contribution in [1.82, 2.24) is 10.2 Å². The van der Waals surface area contributed by atoms with E-state index in [0.717, 1.165) is 24.1 Å². The van der Waals surface area contributed by atoms with Crippen molar-refractivity contribution in [2.75, 3.05) is 46.2 Å². The molecule has 3 nitrogen and oxygen atoms in total. The molecule has 0 aliphatic carbocycles. The van der Waals surface area contributed by atoms with Crippen molar-refractivity contribution >= 4 is 21.6 Å². The molecule has 18 heavy (non-hydrogen) atoms. The van der Waals surface area contributed by atoms with Gasteiger partial charge in [0.15, 0.2) is 0 Å². The summed E-state index contributed by atoms with van der Waals surface area (Å²) < 4.78 is 1.14. The van der Waals surface area contributed by atoms with Crippen LogP contribution < -0.4 is 10.2 Å². The van der Waals surface area contributed by atoms with E-state index in [-0.39, 0.29) is 0 Å². The highest BCUT2D eigenvalue weighted by Crippen LogP contribution is 2.24. The van der Waals surface area contributed by atoms with Crippen LogP contribution in [0.1, 0.15) is 12.0 Å². The molecular weight excluding hydrogens is 290 g/mol. The minimum atomic E-state index is 0.903. The molecule has 0 aliphatic rings. The number of nitrogens with one attached hydrogen (secondary N) is 1. The highest BCUT2D eigenvalue weighted by Gasteiger charge is 2.07. The van der Waals surface area contributed by atoms with Crippen molar-refractivity contribution in [2.24, 2.45) is 0 Å². The Morgan fingerprint density at radius 3 is 2.50 bits per heavy atom. The molecule has 0 saturated heterocycles. The number of hydrogen-bond acceptors (Lipinski definition) is 3. The second kappa shape index (κ2) is 7.77. The summed E-state index contributed by atoms with van der Waals surface area (Å²) in [4.78, 5) is 4.56. The van der Waals surface area contributed by atoms with Gasteiger partial charge in [0.05, 0.1) is 0 Å². The van der Waals surface area contributed by atoms with Crippen molar-refractivity contribution in [3.05, 3.63) is 28.2 Å². The Labute approximate surface area is 119 Å². The Morgan fingerprint density at radius 1 is 1.17 bits per heavy atom. The Morgan fingerprint density at radius 2 is 1.89 bits per heavy atom. The van der Waals surface area contributed by atoms with E-state index in [2.05, 4.69) is 70.4 Å². The monoisotopic (exact) mass is 313 g/mol. The fourth-order valence-electron chi connectivity index (χ4n) is 1.98. The van der Waals surface area contributed by atoms with Gasteiger partial charge in [-0.25, -0.2) is 0 Å². The van der Waals surface area contributed by atoms with Gasteiger partial charge in [-0.2, -0.15) is 0 Å². The van der Waals surface area contributed by atoms with Gasteiger partial charge in [-0.15, -0.1) is 0 Å². The molecule has 0 spiro atoms. The molecule has 102 valence electrons. The van der Waals surface area contributed by atoms with Gasteiger partial charge in [0.1, 0.15) is 0 Å². The first-order valence-electron chi connectivity index (χ1n) is 6.33. The molecule has 0 saturated carbocycles. The van der Waals surface area contributed by atoms with Crippen molar-refractivity contribution in [2.45, 2.75) is 13.0 Å². The minimum Gasteiger partial charge on any atom is -0.374 e. The lowest BCUT2D eigenvalue weighted by Crippen LogP contribution is -2.24. The zero-order valence-corrected chi connectivity index (χ0v) is 13.4. The summed E-state index contributed by atoms with van der Waals surface area (Å²) in [6.07, 6.45) is 1.18. The van der Waals surface area contributed by atoms with Crippen LogP contribution in [0.15, 0.2) is 22.7 Å². The Balaban J connectivity index is 2.70. The van der Waals surface area contributed by atoms with E-state index in [1.807, 2.05) is 7.05 Å². The molecule has 1 N–H and O–H groups in total. The van der Waals surface area contributed by atoms with Crippen LogP contribution in [-0.4, -0.2) is 46.2 Å². The third-order valence-corrected chi connectivity index (χ3v) is 3.42. The fourth-order valence-corrected chi connectivity index (χ4v) is 2.33. The van der Waals surface area contributed by atoms with Gasteiger partial charge in [-0.3, -0.25) is 0 Å². The molecule has 0 atom stereocenters. The average molecular weight is 314 g/mol. The van der Waals surface area contributed by atoms with Gasteiger partial charge >= 0.3 is 0 Å². The highest BCUT2D eigenvalue weighted by atomic mass is 79.9. The zero-order valence-electron chi connectivity index (χ0n) is 11.8. The molecule has 1 aromatic rings. The first-order chi connectivity index (χ1) is 8.54. The summed E-state index contributed by atoms with van der Waals surface area (Å²) in [5, 5.41) is 3.22. The lowest BCUT2D eigenvalue weighted by atomic mass is 10.1. The van der Waals surface area contributed by atoms with Crippen LogP contribution in [0.4, 0.5) is 5.69 Å². The standard InChI is InChI=1S/C14H24BrN3/c1-16-11-12-6-7-13(15)10-14(12)18(4)9-5-8-17(2)3/h6-7,10,16H,5,8-9,11H2,1-4H3. The average Bonchev–Trinajstić information content (AvgIpc) is 2.31. The van der Waals surface area contributed by atoms with Crippen LogP contribution >= 0.6 is 15.9 Å². The molecule has 0 aromatic heterocycles. The number of rotatable bonds is 7. The number of hydrogen-bond donors (Lipinski definition) is 1. The highest BCUT2D eigenvalue weighted by molar-refractivity contribution is 9.10. The van der Waals surface area contributed by atoms with Crippen molar-refractivity contribution in [3.8, 4) is 0 Å². The van der Waals surface area contributed by atoms with E-state index in [9.17, 15) is 0 Å². The van der Waals surface area contributed by atoms with Gasteiger partial charge < -0.3 is 15.1 Å². The van der Waals surface area contributed by atoms with Gasteiger partial charge in [-0.1, -0.05) is 22.0 Å².